The van der Waals surface area contributed by atoms with Gasteiger partial charge < -0.3 is 5.32 Å². The molecule has 2 rings (SSSR count). The summed E-state index contributed by atoms with van der Waals surface area (Å²) in [6.45, 7) is 2.31. The van der Waals surface area contributed by atoms with E-state index in [0.29, 0.717) is 0 Å². The summed E-state index contributed by atoms with van der Waals surface area (Å²) in [5.41, 5.74) is 1.91. The third kappa shape index (κ3) is 1.07. The highest BCUT2D eigenvalue weighted by atomic mass is 32.1. The molecule has 1 fully saturated rings. The van der Waals surface area contributed by atoms with E-state index >= 15 is 0 Å². The Morgan fingerprint density at radius 2 is 2.70 bits per heavy atom. The normalized spacial score (nSPS) is 25.4. The van der Waals surface area contributed by atoms with Crippen LogP contribution in [0.2, 0.25) is 0 Å². The van der Waals surface area contributed by atoms with Crippen LogP contribution >= 0.6 is 11.3 Å². The van der Waals surface area contributed by atoms with Crippen LogP contribution in [0.25, 0.3) is 0 Å². The maximum Gasteiger partial charge on any atom is 0.0794 e. The first kappa shape index (κ1) is 6.31. The van der Waals surface area contributed by atoms with Gasteiger partial charge in [-0.1, -0.05) is 0 Å². The second-order valence-corrected chi connectivity index (χ2v) is 3.51. The van der Waals surface area contributed by atoms with Gasteiger partial charge in [0, 0.05) is 23.5 Å². The van der Waals surface area contributed by atoms with Crippen molar-refractivity contribution in [3.8, 4) is 0 Å². The Labute approximate surface area is 64.3 Å². The smallest absolute Gasteiger partial charge is 0.0794 e. The number of aromatic nitrogens is 1. The van der Waals surface area contributed by atoms with E-state index in [2.05, 4.69) is 10.3 Å². The Balaban J connectivity index is 2.12. The number of hydrogen-bond donors (Lipinski definition) is 1. The molecule has 1 atom stereocenters. The quantitative estimate of drug-likeness (QED) is 0.658. The minimum atomic E-state index is 0.743. The van der Waals surface area contributed by atoms with Crippen LogP contribution in [-0.2, 0) is 0 Å². The van der Waals surface area contributed by atoms with Crippen molar-refractivity contribution in [2.45, 2.75) is 12.3 Å². The van der Waals surface area contributed by atoms with Crippen LogP contribution in [0, 0.1) is 0 Å². The van der Waals surface area contributed by atoms with Gasteiger partial charge in [-0.2, -0.15) is 0 Å². The van der Waals surface area contributed by atoms with E-state index in [4.69, 9.17) is 0 Å². The molecule has 54 valence electrons. The molecule has 0 aliphatic carbocycles. The van der Waals surface area contributed by atoms with E-state index in [0.717, 1.165) is 12.5 Å². The molecule has 1 N–H and O–H groups in total. The Kier molecular flexibility index (Phi) is 1.69. The standard InChI is InChI=1S/C7H10N2S/c1-2-8-3-6(1)7-4-9-5-10-7/h4-6,8H,1-3H2. The van der Waals surface area contributed by atoms with Crippen molar-refractivity contribution in [1.29, 1.82) is 0 Å². The van der Waals surface area contributed by atoms with Crippen LogP contribution in [0.3, 0.4) is 0 Å². The molecule has 0 bridgehead atoms. The average molecular weight is 154 g/mol. The van der Waals surface area contributed by atoms with E-state index in [9.17, 15) is 0 Å². The fraction of sp³-hybridized carbons (Fsp3) is 0.571. The van der Waals surface area contributed by atoms with Gasteiger partial charge in [0.2, 0.25) is 0 Å². The van der Waals surface area contributed by atoms with Gasteiger partial charge in [0.25, 0.3) is 0 Å². The Hall–Kier alpha value is -0.410. The van der Waals surface area contributed by atoms with Crippen molar-refractivity contribution in [2.24, 2.45) is 0 Å². The van der Waals surface area contributed by atoms with Crippen LogP contribution in [0.5, 0.6) is 0 Å². The first-order valence-corrected chi connectivity index (χ1v) is 4.44. The third-order valence-corrected chi connectivity index (χ3v) is 2.85. The predicted octanol–water partition coefficient (Wildman–Crippen LogP) is 1.22. The highest BCUT2D eigenvalue weighted by molar-refractivity contribution is 7.09. The molecule has 3 heteroatoms. The molecule has 1 aromatic heterocycles. The minimum Gasteiger partial charge on any atom is -0.316 e. The summed E-state index contributed by atoms with van der Waals surface area (Å²) in [7, 11) is 0. The lowest BCUT2D eigenvalue weighted by Crippen LogP contribution is -2.07. The molecule has 1 saturated heterocycles. The van der Waals surface area contributed by atoms with Crippen molar-refractivity contribution in [3.05, 3.63) is 16.6 Å². The summed E-state index contributed by atoms with van der Waals surface area (Å²) < 4.78 is 0. The zero-order chi connectivity index (χ0) is 6.81. The van der Waals surface area contributed by atoms with Gasteiger partial charge in [0.15, 0.2) is 0 Å². The van der Waals surface area contributed by atoms with Gasteiger partial charge in [-0.15, -0.1) is 11.3 Å². The second-order valence-electron chi connectivity index (χ2n) is 2.59. The number of hydrogen-bond acceptors (Lipinski definition) is 3. The number of nitrogens with one attached hydrogen (secondary N) is 1. The lowest BCUT2D eigenvalue weighted by Gasteiger charge is -2.01. The molecule has 1 aliphatic heterocycles. The molecule has 1 aliphatic rings. The van der Waals surface area contributed by atoms with Gasteiger partial charge in [-0.3, -0.25) is 4.98 Å². The van der Waals surface area contributed by atoms with E-state index in [1.807, 2.05) is 11.7 Å². The van der Waals surface area contributed by atoms with Crippen molar-refractivity contribution < 1.29 is 0 Å². The fourth-order valence-corrected chi connectivity index (χ4v) is 2.08. The molecule has 0 amide bonds. The van der Waals surface area contributed by atoms with E-state index in [1.54, 1.807) is 11.3 Å². The van der Waals surface area contributed by atoms with Crippen LogP contribution in [0.4, 0.5) is 0 Å². The van der Waals surface area contributed by atoms with Crippen molar-refractivity contribution >= 4 is 11.3 Å². The van der Waals surface area contributed by atoms with Gasteiger partial charge in [-0.05, 0) is 13.0 Å². The first-order chi connectivity index (χ1) is 4.97. The number of thiazole rings is 1. The molecule has 0 spiro atoms. The molecule has 1 unspecified atom stereocenters. The molecular formula is C7H10N2S. The topological polar surface area (TPSA) is 24.9 Å². The summed E-state index contributed by atoms with van der Waals surface area (Å²) in [5, 5.41) is 3.34. The molecule has 0 radical (unpaired) electrons. The van der Waals surface area contributed by atoms with Gasteiger partial charge in [0.1, 0.15) is 0 Å². The van der Waals surface area contributed by atoms with E-state index < -0.39 is 0 Å². The zero-order valence-electron chi connectivity index (χ0n) is 5.71. The van der Waals surface area contributed by atoms with Gasteiger partial charge in [0.05, 0.1) is 5.51 Å². The summed E-state index contributed by atoms with van der Waals surface area (Å²) >= 11 is 1.77. The molecule has 1 aromatic rings. The third-order valence-electron chi connectivity index (χ3n) is 1.91. The van der Waals surface area contributed by atoms with Gasteiger partial charge in [-0.25, -0.2) is 0 Å². The summed E-state index contributed by atoms with van der Waals surface area (Å²) in [6.07, 6.45) is 3.27. The molecule has 0 aromatic carbocycles. The largest absolute Gasteiger partial charge is 0.316 e. The number of rotatable bonds is 1. The molecule has 2 heterocycles. The van der Waals surface area contributed by atoms with Crippen LogP contribution < -0.4 is 5.32 Å². The first-order valence-electron chi connectivity index (χ1n) is 3.56. The Bertz CT molecular complexity index is 189. The summed E-state index contributed by atoms with van der Waals surface area (Å²) in [5.74, 6) is 0.743. The van der Waals surface area contributed by atoms with Gasteiger partial charge >= 0.3 is 0 Å². The number of nitrogens with zero attached hydrogens (tertiary/aromatic N) is 1. The predicted molar refractivity (Wildman–Crippen MR) is 42.3 cm³/mol. The molecule has 2 nitrogen and oxygen atoms in total. The maximum absolute atomic E-state index is 4.06. The summed E-state index contributed by atoms with van der Waals surface area (Å²) in [4.78, 5) is 5.49. The molecule has 0 saturated carbocycles. The highest BCUT2D eigenvalue weighted by Gasteiger charge is 2.16. The van der Waals surface area contributed by atoms with Crippen LogP contribution in [-0.4, -0.2) is 18.1 Å². The van der Waals surface area contributed by atoms with Crippen molar-refractivity contribution in [3.63, 3.8) is 0 Å². The zero-order valence-corrected chi connectivity index (χ0v) is 6.53. The minimum absolute atomic E-state index is 0.743. The molecular weight excluding hydrogens is 144 g/mol. The lowest BCUT2D eigenvalue weighted by molar-refractivity contribution is 0.777. The Morgan fingerprint density at radius 1 is 1.70 bits per heavy atom. The SMILES string of the molecule is c1ncc(C2CCNC2)s1. The monoisotopic (exact) mass is 154 g/mol. The highest BCUT2D eigenvalue weighted by Crippen LogP contribution is 2.24. The van der Waals surface area contributed by atoms with Crippen molar-refractivity contribution in [1.82, 2.24) is 10.3 Å². The van der Waals surface area contributed by atoms with Crippen LogP contribution in [0.1, 0.15) is 17.2 Å². The van der Waals surface area contributed by atoms with E-state index in [1.165, 1.54) is 17.8 Å². The van der Waals surface area contributed by atoms with Crippen LogP contribution in [0.15, 0.2) is 11.7 Å². The lowest BCUT2D eigenvalue weighted by atomic mass is 10.1. The molecule has 10 heavy (non-hydrogen) atoms. The Morgan fingerprint density at radius 3 is 3.30 bits per heavy atom. The maximum atomic E-state index is 4.06. The van der Waals surface area contributed by atoms with Crippen molar-refractivity contribution in [2.75, 3.05) is 13.1 Å². The summed E-state index contributed by atoms with van der Waals surface area (Å²) in [6, 6.07) is 0. The van der Waals surface area contributed by atoms with E-state index in [-0.39, 0.29) is 0 Å². The average Bonchev–Trinajstić information content (AvgIpc) is 2.59. The second kappa shape index (κ2) is 2.68. The fourth-order valence-electron chi connectivity index (χ4n) is 1.32.